The van der Waals surface area contributed by atoms with Gasteiger partial charge in [-0.05, 0) is 13.3 Å². The van der Waals surface area contributed by atoms with Gasteiger partial charge in [0.05, 0.1) is 17.8 Å². The fraction of sp³-hybridized carbons (Fsp3) is 0.773. The molecule has 0 spiro atoms. The molecule has 0 unspecified atom stereocenters. The molecule has 0 radical (unpaired) electrons. The third-order valence-electron chi connectivity index (χ3n) is 5.45. The Morgan fingerprint density at radius 2 is 1.24 bits per heavy atom. The van der Waals surface area contributed by atoms with Crippen LogP contribution >= 0.6 is 0 Å². The molecule has 0 aliphatic heterocycles. The number of rotatable bonds is 13. The van der Waals surface area contributed by atoms with Crippen LogP contribution in [0, 0.1) is 23.7 Å². The monoisotopic (exact) mass is 412 g/mol. The van der Waals surface area contributed by atoms with E-state index in [-0.39, 0.29) is 30.2 Å². The third kappa shape index (κ3) is 7.71. The molecule has 0 amide bonds. The smallest absolute Gasteiger partial charge is 0.316 e. The van der Waals surface area contributed by atoms with Crippen LogP contribution in [0.15, 0.2) is 0 Å². The van der Waals surface area contributed by atoms with Crippen molar-refractivity contribution in [3.8, 4) is 0 Å². The van der Waals surface area contributed by atoms with Crippen LogP contribution in [-0.4, -0.2) is 41.5 Å². The van der Waals surface area contributed by atoms with Gasteiger partial charge in [0, 0.05) is 19.8 Å². The SMILES string of the molecule is CCC(=O)[C@@H](C)C(=O)O[C@@H]([C@H](C)C(=O)CC)[C@@H](C)C(=O)[C@@H](C)[C@H](CC)OC(C)=O. The molecule has 7 nitrogen and oxygen atoms in total. The molecule has 0 fully saturated rings. The molecule has 29 heavy (non-hydrogen) atoms. The number of esters is 2. The molecule has 0 aromatic carbocycles. The van der Waals surface area contributed by atoms with Crippen molar-refractivity contribution in [2.24, 2.45) is 23.7 Å². The van der Waals surface area contributed by atoms with Crippen LogP contribution in [0.3, 0.4) is 0 Å². The van der Waals surface area contributed by atoms with Gasteiger partial charge in [-0.15, -0.1) is 0 Å². The van der Waals surface area contributed by atoms with Gasteiger partial charge in [-0.3, -0.25) is 24.0 Å². The topological polar surface area (TPSA) is 104 Å². The molecule has 0 heterocycles. The highest BCUT2D eigenvalue weighted by molar-refractivity contribution is 5.98. The van der Waals surface area contributed by atoms with E-state index in [0.29, 0.717) is 6.42 Å². The van der Waals surface area contributed by atoms with E-state index in [9.17, 15) is 24.0 Å². The minimum absolute atomic E-state index is 0.142. The Labute approximate surface area is 173 Å². The van der Waals surface area contributed by atoms with Crippen LogP contribution in [0.4, 0.5) is 0 Å². The number of Topliss-reactive ketones (excluding diaryl/α,β-unsaturated/α-hetero) is 3. The van der Waals surface area contributed by atoms with Crippen LogP contribution in [0.25, 0.3) is 0 Å². The van der Waals surface area contributed by atoms with E-state index in [2.05, 4.69) is 0 Å². The second-order valence-corrected chi connectivity index (χ2v) is 7.59. The van der Waals surface area contributed by atoms with Crippen molar-refractivity contribution in [3.63, 3.8) is 0 Å². The van der Waals surface area contributed by atoms with E-state index in [1.807, 2.05) is 0 Å². The molecule has 0 N–H and O–H groups in total. The standard InChI is InChI=1S/C22H36O7/c1-9-17(24)12(4)21(29-22(27)13(5)18(25)10-2)15(7)20(26)14(6)19(11-3)28-16(8)23/h12-15,19,21H,9-11H2,1-8H3/t12-,13-,14+,15+,19+,21+/m1/s1. The molecule has 166 valence electrons. The van der Waals surface area contributed by atoms with E-state index in [4.69, 9.17) is 9.47 Å². The van der Waals surface area contributed by atoms with Crippen molar-refractivity contribution in [1.82, 2.24) is 0 Å². The number of carbonyl (C=O) groups is 5. The summed E-state index contributed by atoms with van der Waals surface area (Å²) in [6.45, 7) is 12.8. The van der Waals surface area contributed by atoms with Gasteiger partial charge in [0.15, 0.2) is 0 Å². The zero-order valence-electron chi connectivity index (χ0n) is 18.9. The largest absolute Gasteiger partial charge is 0.462 e. The Hall–Kier alpha value is -2.05. The molecule has 0 saturated carbocycles. The lowest BCUT2D eigenvalue weighted by Gasteiger charge is -2.31. The summed E-state index contributed by atoms with van der Waals surface area (Å²) < 4.78 is 10.8. The van der Waals surface area contributed by atoms with Crippen molar-refractivity contribution >= 4 is 29.3 Å². The van der Waals surface area contributed by atoms with E-state index in [1.54, 1.807) is 41.5 Å². The summed E-state index contributed by atoms with van der Waals surface area (Å²) in [5.74, 6) is -4.98. The van der Waals surface area contributed by atoms with Crippen LogP contribution in [0.2, 0.25) is 0 Å². The first-order valence-corrected chi connectivity index (χ1v) is 10.4. The van der Waals surface area contributed by atoms with Crippen LogP contribution in [-0.2, 0) is 33.4 Å². The summed E-state index contributed by atoms with van der Waals surface area (Å²) >= 11 is 0. The zero-order chi connectivity index (χ0) is 22.9. The first-order chi connectivity index (χ1) is 13.4. The molecule has 0 aliphatic carbocycles. The molecule has 0 aromatic rings. The summed E-state index contributed by atoms with van der Waals surface area (Å²) in [4.78, 5) is 61.0. The maximum atomic E-state index is 13.1. The molecule has 6 atom stereocenters. The van der Waals surface area contributed by atoms with Crippen molar-refractivity contribution in [2.45, 2.75) is 86.9 Å². The van der Waals surface area contributed by atoms with Gasteiger partial charge in [0.25, 0.3) is 0 Å². The summed E-state index contributed by atoms with van der Waals surface area (Å²) in [7, 11) is 0. The molecule has 0 saturated heterocycles. The Morgan fingerprint density at radius 3 is 1.66 bits per heavy atom. The predicted octanol–water partition coefficient (Wildman–Crippen LogP) is 3.31. The van der Waals surface area contributed by atoms with Crippen molar-refractivity contribution < 1.29 is 33.4 Å². The number of hydrogen-bond donors (Lipinski definition) is 0. The van der Waals surface area contributed by atoms with Gasteiger partial charge in [-0.1, -0.05) is 41.5 Å². The average molecular weight is 413 g/mol. The van der Waals surface area contributed by atoms with Gasteiger partial charge >= 0.3 is 11.9 Å². The Kier molecular flexibility index (Phi) is 11.6. The van der Waals surface area contributed by atoms with Gasteiger partial charge in [0.1, 0.15) is 35.5 Å². The second-order valence-electron chi connectivity index (χ2n) is 7.59. The summed E-state index contributed by atoms with van der Waals surface area (Å²) in [5, 5.41) is 0. The van der Waals surface area contributed by atoms with E-state index < -0.39 is 47.8 Å². The molecular weight excluding hydrogens is 376 g/mol. The fourth-order valence-electron chi connectivity index (χ4n) is 3.33. The molecule has 0 rings (SSSR count). The maximum absolute atomic E-state index is 13.1. The average Bonchev–Trinajstić information content (AvgIpc) is 2.71. The van der Waals surface area contributed by atoms with Gasteiger partial charge in [-0.2, -0.15) is 0 Å². The molecule has 0 aromatic heterocycles. The highest BCUT2D eigenvalue weighted by Gasteiger charge is 2.39. The second kappa shape index (κ2) is 12.5. The number of hydrogen-bond acceptors (Lipinski definition) is 7. The van der Waals surface area contributed by atoms with E-state index >= 15 is 0 Å². The first kappa shape index (κ1) is 27.0. The number of ketones is 3. The normalized spacial score (nSPS) is 17.2. The van der Waals surface area contributed by atoms with Crippen molar-refractivity contribution in [1.29, 1.82) is 0 Å². The highest BCUT2D eigenvalue weighted by atomic mass is 16.5. The predicted molar refractivity (Wildman–Crippen MR) is 108 cm³/mol. The van der Waals surface area contributed by atoms with Crippen molar-refractivity contribution in [3.05, 3.63) is 0 Å². The Balaban J connectivity index is 5.67. The van der Waals surface area contributed by atoms with Crippen molar-refractivity contribution in [2.75, 3.05) is 0 Å². The maximum Gasteiger partial charge on any atom is 0.316 e. The van der Waals surface area contributed by atoms with Gasteiger partial charge in [0.2, 0.25) is 0 Å². The van der Waals surface area contributed by atoms with Gasteiger partial charge < -0.3 is 9.47 Å². The van der Waals surface area contributed by atoms with E-state index in [1.165, 1.54) is 13.8 Å². The summed E-state index contributed by atoms with van der Waals surface area (Å²) in [6.07, 6.45) is -0.713. The zero-order valence-corrected chi connectivity index (χ0v) is 18.9. The lowest BCUT2D eigenvalue weighted by atomic mass is 9.81. The fourth-order valence-corrected chi connectivity index (χ4v) is 3.33. The number of ether oxygens (including phenoxy) is 2. The Bertz CT molecular complexity index is 610. The van der Waals surface area contributed by atoms with Crippen LogP contribution in [0.5, 0.6) is 0 Å². The molecule has 0 bridgehead atoms. The lowest BCUT2D eigenvalue weighted by molar-refractivity contribution is -0.164. The number of carbonyl (C=O) groups excluding carboxylic acids is 5. The molecular formula is C22H36O7. The lowest BCUT2D eigenvalue weighted by Crippen LogP contribution is -2.44. The van der Waals surface area contributed by atoms with E-state index in [0.717, 1.165) is 0 Å². The summed E-state index contributed by atoms with van der Waals surface area (Å²) in [6, 6.07) is 0. The Morgan fingerprint density at radius 1 is 0.724 bits per heavy atom. The first-order valence-electron chi connectivity index (χ1n) is 10.4. The van der Waals surface area contributed by atoms with Crippen LogP contribution in [0.1, 0.15) is 74.7 Å². The minimum Gasteiger partial charge on any atom is -0.462 e. The summed E-state index contributed by atoms with van der Waals surface area (Å²) in [5.41, 5.74) is 0. The molecule has 7 heteroatoms. The van der Waals surface area contributed by atoms with Gasteiger partial charge in [-0.25, -0.2) is 0 Å². The third-order valence-corrected chi connectivity index (χ3v) is 5.45. The minimum atomic E-state index is -0.994. The quantitative estimate of drug-likeness (QED) is 0.338. The molecule has 0 aliphatic rings. The van der Waals surface area contributed by atoms with Crippen LogP contribution < -0.4 is 0 Å². The highest BCUT2D eigenvalue weighted by Crippen LogP contribution is 2.26.